The molecule has 0 radical (unpaired) electrons. The fourth-order valence-electron chi connectivity index (χ4n) is 1.88. The first-order valence-corrected chi connectivity index (χ1v) is 3.40. The zero-order valence-electron chi connectivity index (χ0n) is 5.68. The molecule has 0 spiro atoms. The van der Waals surface area contributed by atoms with Crippen LogP contribution in [0, 0.1) is 0 Å². The van der Waals surface area contributed by atoms with Crippen molar-refractivity contribution < 1.29 is 15.3 Å². The Hall–Kier alpha value is -0.160. The summed E-state index contributed by atoms with van der Waals surface area (Å²) in [6, 6.07) is -0.0185. The van der Waals surface area contributed by atoms with E-state index in [4.69, 9.17) is 5.11 Å². The van der Waals surface area contributed by atoms with E-state index in [1.165, 1.54) is 0 Å². The maximum atomic E-state index is 9.20. The van der Waals surface area contributed by atoms with Crippen molar-refractivity contribution in [3.63, 3.8) is 0 Å². The molecule has 0 amide bonds. The number of aliphatic hydroxyl groups is 3. The molecule has 2 rings (SSSR count). The number of hydrogen-bond donors (Lipinski definition) is 3. The predicted molar refractivity (Wildman–Crippen MR) is 33.4 cm³/mol. The Balaban J connectivity index is 2.14. The van der Waals surface area contributed by atoms with Crippen molar-refractivity contribution in [2.24, 2.45) is 0 Å². The van der Waals surface area contributed by atoms with Gasteiger partial charge in [-0.15, -0.1) is 0 Å². The van der Waals surface area contributed by atoms with Gasteiger partial charge in [0, 0.05) is 0 Å². The largest absolute Gasteiger partial charge is 0.389 e. The quantitative estimate of drug-likeness (QED) is 0.337. The number of hydrogen-bond acceptors (Lipinski definition) is 4. The molecule has 2 aliphatic rings. The molecule has 10 heavy (non-hydrogen) atoms. The SMILES string of the molecule is CN1[C@@H]2[C@H]1[C@@H](O)C(O)[C@H]2O. The summed E-state index contributed by atoms with van der Waals surface area (Å²) < 4.78 is 0. The molecule has 4 heteroatoms. The van der Waals surface area contributed by atoms with Gasteiger partial charge in [0.2, 0.25) is 0 Å². The van der Waals surface area contributed by atoms with E-state index in [2.05, 4.69) is 0 Å². The van der Waals surface area contributed by atoms with Gasteiger partial charge in [0.15, 0.2) is 0 Å². The van der Waals surface area contributed by atoms with Crippen LogP contribution in [0.1, 0.15) is 0 Å². The van der Waals surface area contributed by atoms with Crippen LogP contribution in [-0.2, 0) is 0 Å². The Morgan fingerprint density at radius 1 is 0.900 bits per heavy atom. The third-order valence-corrected chi connectivity index (χ3v) is 2.60. The molecule has 0 aromatic rings. The maximum absolute atomic E-state index is 9.20. The highest BCUT2D eigenvalue weighted by Crippen LogP contribution is 2.40. The average Bonchev–Trinajstić information content (AvgIpc) is 2.50. The van der Waals surface area contributed by atoms with Gasteiger partial charge >= 0.3 is 0 Å². The van der Waals surface area contributed by atoms with E-state index < -0.39 is 18.3 Å². The van der Waals surface area contributed by atoms with Crippen molar-refractivity contribution in [3.8, 4) is 0 Å². The molecule has 1 saturated heterocycles. The van der Waals surface area contributed by atoms with E-state index in [1.54, 1.807) is 0 Å². The van der Waals surface area contributed by atoms with Crippen LogP contribution < -0.4 is 0 Å². The summed E-state index contributed by atoms with van der Waals surface area (Å²) in [6.07, 6.45) is -2.46. The molecule has 4 nitrogen and oxygen atoms in total. The van der Waals surface area contributed by atoms with Crippen LogP contribution in [-0.4, -0.2) is 57.7 Å². The number of likely N-dealkylation sites (tertiary alicyclic amines) is 1. The molecule has 1 aliphatic carbocycles. The van der Waals surface area contributed by atoms with Gasteiger partial charge in [-0.05, 0) is 7.05 Å². The van der Waals surface area contributed by atoms with Gasteiger partial charge in [-0.25, -0.2) is 0 Å². The van der Waals surface area contributed by atoms with Crippen LogP contribution in [0.15, 0.2) is 0 Å². The van der Waals surface area contributed by atoms with Gasteiger partial charge in [-0.3, -0.25) is 4.90 Å². The molecule has 1 aliphatic heterocycles. The minimum Gasteiger partial charge on any atom is -0.389 e. The molecular weight excluding hydrogens is 134 g/mol. The van der Waals surface area contributed by atoms with Crippen LogP contribution in [0.25, 0.3) is 0 Å². The summed E-state index contributed by atoms with van der Waals surface area (Å²) in [7, 11) is 1.83. The lowest BCUT2D eigenvalue weighted by molar-refractivity contribution is -0.0468. The van der Waals surface area contributed by atoms with Crippen molar-refractivity contribution in [2.45, 2.75) is 30.4 Å². The zero-order chi connectivity index (χ0) is 7.46. The van der Waals surface area contributed by atoms with Crippen molar-refractivity contribution in [3.05, 3.63) is 0 Å². The summed E-state index contributed by atoms with van der Waals surface area (Å²) in [6.45, 7) is 0. The summed E-state index contributed by atoms with van der Waals surface area (Å²) in [5.41, 5.74) is 0. The summed E-state index contributed by atoms with van der Waals surface area (Å²) in [5.74, 6) is 0. The molecule has 6 atom stereocenters. The van der Waals surface area contributed by atoms with Gasteiger partial charge < -0.3 is 15.3 Å². The second kappa shape index (κ2) is 1.71. The maximum Gasteiger partial charge on any atom is 0.109 e. The molecule has 0 aromatic heterocycles. The monoisotopic (exact) mass is 145 g/mol. The van der Waals surface area contributed by atoms with Crippen molar-refractivity contribution in [1.82, 2.24) is 4.90 Å². The molecule has 1 heterocycles. The molecule has 2 unspecified atom stereocenters. The van der Waals surface area contributed by atoms with Gasteiger partial charge in [0.25, 0.3) is 0 Å². The van der Waals surface area contributed by atoms with E-state index in [9.17, 15) is 10.2 Å². The lowest BCUT2D eigenvalue weighted by Gasteiger charge is -2.17. The van der Waals surface area contributed by atoms with E-state index in [0.717, 1.165) is 0 Å². The first-order valence-electron chi connectivity index (χ1n) is 3.40. The van der Waals surface area contributed by atoms with Crippen molar-refractivity contribution in [1.29, 1.82) is 0 Å². The average molecular weight is 145 g/mol. The van der Waals surface area contributed by atoms with Gasteiger partial charge in [-0.1, -0.05) is 0 Å². The molecular formula is C6H11NO3. The third kappa shape index (κ3) is 0.549. The summed E-state index contributed by atoms with van der Waals surface area (Å²) in [5, 5.41) is 27.5. The first-order chi connectivity index (χ1) is 4.64. The van der Waals surface area contributed by atoms with Crippen LogP contribution in [0.5, 0.6) is 0 Å². The number of nitrogens with zero attached hydrogens (tertiary/aromatic N) is 1. The molecule has 0 aromatic carbocycles. The third-order valence-electron chi connectivity index (χ3n) is 2.60. The van der Waals surface area contributed by atoms with Crippen LogP contribution in [0.4, 0.5) is 0 Å². The van der Waals surface area contributed by atoms with Crippen LogP contribution in [0.2, 0.25) is 0 Å². The van der Waals surface area contributed by atoms with E-state index in [0.29, 0.717) is 0 Å². The number of rotatable bonds is 0. The van der Waals surface area contributed by atoms with E-state index in [1.807, 2.05) is 11.9 Å². The summed E-state index contributed by atoms with van der Waals surface area (Å²) in [4.78, 5) is 1.86. The van der Waals surface area contributed by atoms with E-state index in [-0.39, 0.29) is 12.1 Å². The Morgan fingerprint density at radius 3 is 1.60 bits per heavy atom. The Bertz CT molecular complexity index is 143. The minimum atomic E-state index is -0.939. The van der Waals surface area contributed by atoms with Crippen molar-refractivity contribution in [2.75, 3.05) is 7.05 Å². The standard InChI is InChI=1S/C6H11NO3/c1-7-2-3(7)5(9)6(10)4(2)8/h2-6,8-10H,1H3/t2-,3+,4+,5-,6?,7?. The summed E-state index contributed by atoms with van der Waals surface area (Å²) >= 11 is 0. The number of aliphatic hydroxyl groups excluding tert-OH is 3. The first kappa shape index (κ1) is 6.54. The fourth-order valence-corrected chi connectivity index (χ4v) is 1.88. The van der Waals surface area contributed by atoms with Crippen LogP contribution in [0.3, 0.4) is 0 Å². The highest BCUT2D eigenvalue weighted by Gasteiger charge is 2.63. The second-order valence-corrected chi connectivity index (χ2v) is 3.12. The topological polar surface area (TPSA) is 63.7 Å². The van der Waals surface area contributed by atoms with E-state index >= 15 is 0 Å². The molecule has 2 fully saturated rings. The lowest BCUT2D eigenvalue weighted by Crippen LogP contribution is -2.38. The Labute approximate surface area is 58.7 Å². The predicted octanol–water partition coefficient (Wildman–Crippen LogP) is -2.23. The van der Waals surface area contributed by atoms with Gasteiger partial charge in [-0.2, -0.15) is 0 Å². The molecule has 58 valence electrons. The number of fused-ring (bicyclic) bond motifs is 1. The highest BCUT2D eigenvalue weighted by atomic mass is 16.4. The molecule has 0 bridgehead atoms. The smallest absolute Gasteiger partial charge is 0.109 e. The van der Waals surface area contributed by atoms with Gasteiger partial charge in [0.05, 0.1) is 24.3 Å². The van der Waals surface area contributed by atoms with Crippen LogP contribution >= 0.6 is 0 Å². The Kier molecular flexibility index (Phi) is 1.12. The number of piperidine rings is 1. The number of likely N-dealkylation sites (N-methyl/N-ethyl adjacent to an activating group) is 1. The van der Waals surface area contributed by atoms with Crippen molar-refractivity contribution >= 4 is 0 Å². The molecule has 3 N–H and O–H groups in total. The minimum absolute atomic E-state index is 0.00926. The fraction of sp³-hybridized carbons (Fsp3) is 1.00. The normalized spacial score (nSPS) is 66.0. The molecule has 1 saturated carbocycles. The highest BCUT2D eigenvalue weighted by molar-refractivity contribution is 5.18. The van der Waals surface area contributed by atoms with Gasteiger partial charge in [0.1, 0.15) is 6.10 Å². The second-order valence-electron chi connectivity index (χ2n) is 3.12. The zero-order valence-corrected chi connectivity index (χ0v) is 5.68. The Morgan fingerprint density at radius 2 is 1.30 bits per heavy atom. The lowest BCUT2D eigenvalue weighted by atomic mass is 10.2.